The Labute approximate surface area is 151 Å². The molecule has 0 aliphatic heterocycles. The number of aryl methyl sites for hydroxylation is 1. The number of nitrogens with zero attached hydrogens (tertiary/aromatic N) is 1. The molecule has 0 aliphatic carbocycles. The van der Waals surface area contributed by atoms with Crippen molar-refractivity contribution < 1.29 is 19.4 Å². The Morgan fingerprint density at radius 3 is 2.28 bits per heavy atom. The fourth-order valence-electron chi connectivity index (χ4n) is 2.64. The van der Waals surface area contributed by atoms with Crippen LogP contribution in [0.2, 0.25) is 0 Å². The molecule has 0 saturated heterocycles. The highest BCUT2D eigenvalue weighted by molar-refractivity contribution is 5.89. The standard InChI is InChI=1S/C20H31NO4/c1-5-8-9-16-10-12-17(13-11-16)20(24)25-18(6-2)14-19(23)21(7-3)15(4)22/h10-13,15,18,22H,5-9,14H2,1-4H3. The molecule has 1 rings (SSSR count). The summed E-state index contributed by atoms with van der Waals surface area (Å²) in [4.78, 5) is 25.9. The highest BCUT2D eigenvalue weighted by Gasteiger charge is 2.23. The summed E-state index contributed by atoms with van der Waals surface area (Å²) >= 11 is 0. The quantitative estimate of drug-likeness (QED) is 0.518. The number of aliphatic hydroxyl groups excluding tert-OH is 1. The minimum absolute atomic E-state index is 0.0789. The van der Waals surface area contributed by atoms with Crippen LogP contribution in [0.1, 0.15) is 69.3 Å². The third-order valence-corrected chi connectivity index (χ3v) is 4.25. The molecule has 0 saturated carbocycles. The maximum atomic E-state index is 12.3. The van der Waals surface area contributed by atoms with Gasteiger partial charge in [-0.3, -0.25) is 4.79 Å². The van der Waals surface area contributed by atoms with E-state index in [0.29, 0.717) is 18.5 Å². The third kappa shape index (κ3) is 6.86. The van der Waals surface area contributed by atoms with Crippen molar-refractivity contribution in [3.8, 4) is 0 Å². The van der Waals surface area contributed by atoms with Crippen molar-refractivity contribution in [2.75, 3.05) is 6.54 Å². The van der Waals surface area contributed by atoms with Crippen LogP contribution in [0.4, 0.5) is 0 Å². The van der Waals surface area contributed by atoms with Crippen LogP contribution in [0.3, 0.4) is 0 Å². The van der Waals surface area contributed by atoms with Crippen molar-refractivity contribution in [1.82, 2.24) is 4.90 Å². The van der Waals surface area contributed by atoms with E-state index in [4.69, 9.17) is 4.74 Å². The van der Waals surface area contributed by atoms with Crippen molar-refractivity contribution >= 4 is 11.9 Å². The van der Waals surface area contributed by atoms with E-state index in [2.05, 4.69) is 6.92 Å². The Kier molecular flexibility index (Phi) is 9.21. The van der Waals surface area contributed by atoms with Gasteiger partial charge in [0.05, 0.1) is 12.0 Å². The zero-order chi connectivity index (χ0) is 18.8. The van der Waals surface area contributed by atoms with Gasteiger partial charge in [0.15, 0.2) is 0 Å². The normalized spacial score (nSPS) is 13.2. The van der Waals surface area contributed by atoms with Gasteiger partial charge in [-0.1, -0.05) is 32.4 Å². The molecule has 1 aromatic rings. The van der Waals surface area contributed by atoms with Crippen molar-refractivity contribution in [3.05, 3.63) is 35.4 Å². The Balaban J connectivity index is 2.64. The molecule has 0 spiro atoms. The van der Waals surface area contributed by atoms with Crippen molar-refractivity contribution in [2.24, 2.45) is 0 Å². The van der Waals surface area contributed by atoms with E-state index in [1.54, 1.807) is 26.0 Å². The van der Waals surface area contributed by atoms with Crippen LogP contribution in [-0.2, 0) is 16.0 Å². The lowest BCUT2D eigenvalue weighted by Gasteiger charge is -2.26. The number of ether oxygens (including phenoxy) is 1. The Morgan fingerprint density at radius 1 is 1.16 bits per heavy atom. The maximum Gasteiger partial charge on any atom is 0.338 e. The Hall–Kier alpha value is -1.88. The van der Waals surface area contributed by atoms with Gasteiger partial charge >= 0.3 is 5.97 Å². The second-order valence-electron chi connectivity index (χ2n) is 6.25. The van der Waals surface area contributed by atoms with Crippen LogP contribution in [0, 0.1) is 0 Å². The zero-order valence-electron chi connectivity index (χ0n) is 15.8. The lowest BCUT2D eigenvalue weighted by molar-refractivity contribution is -0.141. The molecule has 0 fully saturated rings. The largest absolute Gasteiger partial charge is 0.458 e. The molecule has 1 N–H and O–H groups in total. The number of carbonyl (C=O) groups excluding carboxylic acids is 2. The van der Waals surface area contributed by atoms with Crippen LogP contribution in [0.15, 0.2) is 24.3 Å². The summed E-state index contributed by atoms with van der Waals surface area (Å²) in [6.45, 7) is 7.79. The van der Waals surface area contributed by atoms with Gasteiger partial charge in [-0.25, -0.2) is 4.79 Å². The number of hydrogen-bond donors (Lipinski definition) is 1. The van der Waals surface area contributed by atoms with E-state index in [1.165, 1.54) is 10.5 Å². The minimum atomic E-state index is -0.846. The first-order chi connectivity index (χ1) is 11.9. The van der Waals surface area contributed by atoms with E-state index in [0.717, 1.165) is 19.3 Å². The van der Waals surface area contributed by atoms with Gasteiger partial charge in [-0.2, -0.15) is 0 Å². The van der Waals surface area contributed by atoms with Crippen molar-refractivity contribution in [1.29, 1.82) is 0 Å². The maximum absolute atomic E-state index is 12.3. The monoisotopic (exact) mass is 349 g/mol. The second-order valence-corrected chi connectivity index (χ2v) is 6.25. The molecule has 2 atom stereocenters. The number of unbranched alkanes of at least 4 members (excludes halogenated alkanes) is 1. The molecular weight excluding hydrogens is 318 g/mol. The first kappa shape index (κ1) is 21.2. The number of esters is 1. The van der Waals surface area contributed by atoms with Crippen LogP contribution < -0.4 is 0 Å². The molecular formula is C20H31NO4. The number of rotatable bonds is 10. The van der Waals surface area contributed by atoms with Crippen LogP contribution in [0.5, 0.6) is 0 Å². The minimum Gasteiger partial charge on any atom is -0.458 e. The number of benzene rings is 1. The summed E-state index contributed by atoms with van der Waals surface area (Å²) in [5.74, 6) is -0.631. The predicted molar refractivity (Wildman–Crippen MR) is 98.2 cm³/mol. The van der Waals surface area contributed by atoms with E-state index in [1.807, 2.05) is 19.1 Å². The molecule has 2 unspecified atom stereocenters. The topological polar surface area (TPSA) is 66.8 Å². The summed E-state index contributed by atoms with van der Waals surface area (Å²) in [5.41, 5.74) is 1.70. The highest BCUT2D eigenvalue weighted by atomic mass is 16.5. The highest BCUT2D eigenvalue weighted by Crippen LogP contribution is 2.14. The van der Waals surface area contributed by atoms with Crippen LogP contribution in [-0.4, -0.2) is 40.8 Å². The summed E-state index contributed by atoms with van der Waals surface area (Å²) in [7, 11) is 0. The van der Waals surface area contributed by atoms with Crippen LogP contribution in [0.25, 0.3) is 0 Å². The van der Waals surface area contributed by atoms with Gasteiger partial charge in [-0.15, -0.1) is 0 Å². The summed E-state index contributed by atoms with van der Waals surface area (Å²) in [6.07, 6.45) is 2.55. The van der Waals surface area contributed by atoms with Gasteiger partial charge in [0.1, 0.15) is 12.3 Å². The molecule has 5 heteroatoms. The van der Waals surface area contributed by atoms with Gasteiger partial charge in [-0.05, 0) is 50.8 Å². The number of hydrogen-bond acceptors (Lipinski definition) is 4. The molecule has 0 radical (unpaired) electrons. The fourth-order valence-corrected chi connectivity index (χ4v) is 2.64. The molecule has 0 bridgehead atoms. The molecule has 1 aromatic carbocycles. The number of carbonyl (C=O) groups is 2. The summed E-state index contributed by atoms with van der Waals surface area (Å²) < 4.78 is 5.48. The summed E-state index contributed by atoms with van der Waals surface area (Å²) in [5, 5.41) is 9.61. The lowest BCUT2D eigenvalue weighted by atomic mass is 10.1. The molecule has 0 heterocycles. The van der Waals surface area contributed by atoms with Crippen LogP contribution >= 0.6 is 0 Å². The number of aliphatic hydroxyl groups is 1. The second kappa shape index (κ2) is 10.9. The molecule has 0 aromatic heterocycles. The summed E-state index contributed by atoms with van der Waals surface area (Å²) in [6, 6.07) is 7.45. The molecule has 5 nitrogen and oxygen atoms in total. The SMILES string of the molecule is CCCCc1ccc(C(=O)OC(CC)CC(=O)N(CC)C(C)O)cc1. The van der Waals surface area contributed by atoms with E-state index in [9.17, 15) is 14.7 Å². The Morgan fingerprint density at radius 2 is 1.80 bits per heavy atom. The number of amides is 1. The fraction of sp³-hybridized carbons (Fsp3) is 0.600. The predicted octanol–water partition coefficient (Wildman–Crippen LogP) is 3.54. The zero-order valence-corrected chi connectivity index (χ0v) is 15.8. The van der Waals surface area contributed by atoms with E-state index < -0.39 is 18.3 Å². The van der Waals surface area contributed by atoms with Gasteiger partial charge < -0.3 is 14.7 Å². The van der Waals surface area contributed by atoms with E-state index in [-0.39, 0.29) is 12.3 Å². The van der Waals surface area contributed by atoms with Gasteiger partial charge in [0, 0.05) is 6.54 Å². The molecule has 1 amide bonds. The molecule has 0 aliphatic rings. The van der Waals surface area contributed by atoms with Gasteiger partial charge in [0.25, 0.3) is 0 Å². The average Bonchev–Trinajstić information content (AvgIpc) is 2.59. The first-order valence-corrected chi connectivity index (χ1v) is 9.20. The van der Waals surface area contributed by atoms with Gasteiger partial charge in [0.2, 0.25) is 5.91 Å². The first-order valence-electron chi connectivity index (χ1n) is 9.20. The van der Waals surface area contributed by atoms with E-state index >= 15 is 0 Å². The Bertz CT molecular complexity index is 539. The van der Waals surface area contributed by atoms with Crippen molar-refractivity contribution in [2.45, 2.75) is 72.1 Å². The molecule has 140 valence electrons. The third-order valence-electron chi connectivity index (χ3n) is 4.25. The molecule has 25 heavy (non-hydrogen) atoms. The average molecular weight is 349 g/mol. The lowest BCUT2D eigenvalue weighted by Crippen LogP contribution is -2.40. The van der Waals surface area contributed by atoms with Crippen molar-refractivity contribution in [3.63, 3.8) is 0 Å². The smallest absolute Gasteiger partial charge is 0.338 e.